The maximum atomic E-state index is 12.1. The highest BCUT2D eigenvalue weighted by molar-refractivity contribution is 5.86. The molecule has 0 aromatic heterocycles. The van der Waals surface area contributed by atoms with E-state index in [9.17, 15) is 9.59 Å². The van der Waals surface area contributed by atoms with Crippen LogP contribution in [0, 0.1) is 6.92 Å². The quantitative estimate of drug-likeness (QED) is 0.756. The molecule has 116 valence electrons. The summed E-state index contributed by atoms with van der Waals surface area (Å²) in [6.45, 7) is 3.58. The highest BCUT2D eigenvalue weighted by Crippen LogP contribution is 2.18. The fourth-order valence-electron chi connectivity index (χ4n) is 1.77. The van der Waals surface area contributed by atoms with Crippen molar-refractivity contribution in [2.75, 3.05) is 13.7 Å². The molecule has 1 aromatic carbocycles. The Morgan fingerprint density at radius 1 is 1.33 bits per heavy atom. The number of para-hydroxylation sites is 1. The first-order valence-electron chi connectivity index (χ1n) is 6.74. The molecule has 2 atom stereocenters. The predicted octanol–water partition coefficient (Wildman–Crippen LogP) is 1.37. The second-order valence-corrected chi connectivity index (χ2v) is 4.63. The molecule has 0 saturated heterocycles. The van der Waals surface area contributed by atoms with E-state index in [0.717, 1.165) is 5.56 Å². The van der Waals surface area contributed by atoms with E-state index in [0.29, 0.717) is 12.2 Å². The molecule has 2 N–H and O–H groups in total. The average Bonchev–Trinajstić information content (AvgIpc) is 2.45. The number of carbonyl (C=O) groups excluding carboxylic acids is 1. The Morgan fingerprint density at radius 3 is 2.52 bits per heavy atom. The molecule has 1 aromatic rings. The van der Waals surface area contributed by atoms with Crippen molar-refractivity contribution in [1.82, 2.24) is 5.32 Å². The zero-order chi connectivity index (χ0) is 15.8. The number of benzene rings is 1. The molecule has 0 heterocycles. The predicted molar refractivity (Wildman–Crippen MR) is 77.3 cm³/mol. The van der Waals surface area contributed by atoms with E-state index in [1.807, 2.05) is 25.1 Å². The van der Waals surface area contributed by atoms with Crippen LogP contribution in [0.3, 0.4) is 0 Å². The normalized spacial score (nSPS) is 13.3. The van der Waals surface area contributed by atoms with Crippen molar-refractivity contribution < 1.29 is 24.2 Å². The molecule has 0 aliphatic rings. The zero-order valence-corrected chi connectivity index (χ0v) is 12.5. The van der Waals surface area contributed by atoms with Crippen molar-refractivity contribution in [2.45, 2.75) is 32.4 Å². The molecule has 0 aliphatic carbocycles. The number of carboxylic acids is 1. The zero-order valence-electron chi connectivity index (χ0n) is 12.5. The lowest BCUT2D eigenvalue weighted by Crippen LogP contribution is -2.49. The molecule has 0 aliphatic heterocycles. The number of amides is 1. The van der Waals surface area contributed by atoms with Gasteiger partial charge in [-0.15, -0.1) is 0 Å². The van der Waals surface area contributed by atoms with Gasteiger partial charge in [0.1, 0.15) is 5.75 Å². The van der Waals surface area contributed by atoms with Crippen LogP contribution in [-0.2, 0) is 14.3 Å². The third-order valence-corrected chi connectivity index (χ3v) is 2.97. The second kappa shape index (κ2) is 8.26. The lowest BCUT2D eigenvalue weighted by atomic mass is 10.2. The van der Waals surface area contributed by atoms with Gasteiger partial charge < -0.3 is 19.9 Å². The van der Waals surface area contributed by atoms with Crippen molar-refractivity contribution in [3.05, 3.63) is 29.8 Å². The Labute approximate surface area is 124 Å². The maximum absolute atomic E-state index is 12.1. The van der Waals surface area contributed by atoms with Gasteiger partial charge in [-0.05, 0) is 25.0 Å². The van der Waals surface area contributed by atoms with Crippen LogP contribution in [0.1, 0.15) is 18.9 Å². The average molecular weight is 295 g/mol. The van der Waals surface area contributed by atoms with Crippen LogP contribution in [0.2, 0.25) is 0 Å². The van der Waals surface area contributed by atoms with Crippen molar-refractivity contribution in [3.63, 3.8) is 0 Å². The molecule has 1 amide bonds. The third-order valence-electron chi connectivity index (χ3n) is 2.97. The largest absolute Gasteiger partial charge is 0.480 e. The Kier molecular flexibility index (Phi) is 6.68. The summed E-state index contributed by atoms with van der Waals surface area (Å²) in [5.41, 5.74) is 0.912. The third kappa shape index (κ3) is 5.07. The second-order valence-electron chi connectivity index (χ2n) is 4.63. The van der Waals surface area contributed by atoms with Gasteiger partial charge in [-0.3, -0.25) is 4.79 Å². The van der Waals surface area contributed by atoms with Crippen LogP contribution in [0.5, 0.6) is 5.75 Å². The van der Waals surface area contributed by atoms with Gasteiger partial charge in [0.2, 0.25) is 0 Å². The molecule has 0 saturated carbocycles. The fourth-order valence-corrected chi connectivity index (χ4v) is 1.77. The van der Waals surface area contributed by atoms with Crippen LogP contribution in [0.4, 0.5) is 0 Å². The van der Waals surface area contributed by atoms with Gasteiger partial charge in [0.25, 0.3) is 5.91 Å². The number of carboxylic acid groups (broad SMARTS) is 1. The number of aliphatic carboxylic acids is 1. The molecule has 1 rings (SSSR count). The van der Waals surface area contributed by atoms with Gasteiger partial charge in [-0.1, -0.05) is 25.1 Å². The maximum Gasteiger partial charge on any atom is 0.328 e. The molecule has 6 heteroatoms. The number of ether oxygens (including phenoxy) is 2. The van der Waals surface area contributed by atoms with Crippen LogP contribution >= 0.6 is 0 Å². The number of methoxy groups -OCH3 is 1. The Hall–Kier alpha value is -2.08. The van der Waals surface area contributed by atoms with E-state index in [4.69, 9.17) is 14.6 Å². The lowest BCUT2D eigenvalue weighted by Gasteiger charge is -2.21. The van der Waals surface area contributed by atoms with Gasteiger partial charge >= 0.3 is 5.97 Å². The van der Waals surface area contributed by atoms with Gasteiger partial charge in [0.05, 0.1) is 6.61 Å². The number of rotatable bonds is 8. The van der Waals surface area contributed by atoms with E-state index in [-0.39, 0.29) is 6.61 Å². The standard InChI is InChI=1S/C15H21NO5/c1-4-12(21-13-8-6-5-7-10(13)2)14(17)16-11(9-20-3)15(18)19/h5-8,11-12H,4,9H2,1-3H3,(H,16,17)(H,18,19). The van der Waals surface area contributed by atoms with E-state index in [1.54, 1.807) is 13.0 Å². The molecule has 0 radical (unpaired) electrons. The first-order chi connectivity index (χ1) is 9.99. The molecule has 6 nitrogen and oxygen atoms in total. The molecule has 0 bridgehead atoms. The number of carbonyl (C=O) groups is 2. The number of hydrogen-bond donors (Lipinski definition) is 2. The number of aryl methyl sites for hydroxylation is 1. The lowest BCUT2D eigenvalue weighted by molar-refractivity contribution is -0.144. The Balaban J connectivity index is 2.73. The minimum Gasteiger partial charge on any atom is -0.480 e. The van der Waals surface area contributed by atoms with Crippen molar-refractivity contribution in [3.8, 4) is 5.75 Å². The highest BCUT2D eigenvalue weighted by atomic mass is 16.5. The van der Waals surface area contributed by atoms with Crippen LogP contribution in [0.15, 0.2) is 24.3 Å². The summed E-state index contributed by atoms with van der Waals surface area (Å²) in [6.07, 6.45) is -0.316. The number of nitrogens with one attached hydrogen (secondary N) is 1. The topological polar surface area (TPSA) is 84.9 Å². The van der Waals surface area contributed by atoms with Gasteiger partial charge in [0.15, 0.2) is 12.1 Å². The molecule has 0 spiro atoms. The van der Waals surface area contributed by atoms with Crippen molar-refractivity contribution in [2.24, 2.45) is 0 Å². The van der Waals surface area contributed by atoms with Gasteiger partial charge in [0, 0.05) is 7.11 Å². The summed E-state index contributed by atoms with van der Waals surface area (Å²) in [7, 11) is 1.38. The summed E-state index contributed by atoms with van der Waals surface area (Å²) in [5.74, 6) is -1.00. The molecule has 21 heavy (non-hydrogen) atoms. The first-order valence-corrected chi connectivity index (χ1v) is 6.74. The summed E-state index contributed by atoms with van der Waals surface area (Å²) >= 11 is 0. The molecule has 2 unspecified atom stereocenters. The van der Waals surface area contributed by atoms with Crippen LogP contribution in [0.25, 0.3) is 0 Å². The van der Waals surface area contributed by atoms with Gasteiger partial charge in [-0.25, -0.2) is 4.79 Å². The van der Waals surface area contributed by atoms with E-state index >= 15 is 0 Å². The SMILES string of the molecule is CCC(Oc1ccccc1C)C(=O)NC(COC)C(=O)O. The summed E-state index contributed by atoms with van der Waals surface area (Å²) < 4.78 is 10.4. The summed E-state index contributed by atoms with van der Waals surface area (Å²) in [5, 5.41) is 11.4. The smallest absolute Gasteiger partial charge is 0.328 e. The molecular formula is C15H21NO5. The van der Waals surface area contributed by atoms with Gasteiger partial charge in [-0.2, -0.15) is 0 Å². The van der Waals surface area contributed by atoms with Crippen molar-refractivity contribution in [1.29, 1.82) is 0 Å². The summed E-state index contributed by atoms with van der Waals surface area (Å²) in [6, 6.07) is 6.26. The highest BCUT2D eigenvalue weighted by Gasteiger charge is 2.25. The molecule has 0 fully saturated rings. The van der Waals surface area contributed by atoms with Crippen molar-refractivity contribution >= 4 is 11.9 Å². The van der Waals surface area contributed by atoms with Crippen LogP contribution in [-0.4, -0.2) is 42.8 Å². The minimum atomic E-state index is -1.14. The van der Waals surface area contributed by atoms with Crippen LogP contribution < -0.4 is 10.1 Å². The first kappa shape index (κ1) is 17.0. The molecular weight excluding hydrogens is 274 g/mol. The monoisotopic (exact) mass is 295 g/mol. The number of hydrogen-bond acceptors (Lipinski definition) is 4. The van der Waals surface area contributed by atoms with E-state index in [1.165, 1.54) is 7.11 Å². The minimum absolute atomic E-state index is 0.0954. The Bertz CT molecular complexity index is 489. The Morgan fingerprint density at radius 2 is 2.00 bits per heavy atom. The fraction of sp³-hybridized carbons (Fsp3) is 0.467. The van der Waals surface area contributed by atoms with E-state index in [2.05, 4.69) is 5.32 Å². The summed E-state index contributed by atoms with van der Waals surface area (Å²) in [4.78, 5) is 23.1. The van der Waals surface area contributed by atoms with E-state index < -0.39 is 24.0 Å².